The van der Waals surface area contributed by atoms with Crippen molar-refractivity contribution in [3.05, 3.63) is 66.2 Å². The highest BCUT2D eigenvalue weighted by molar-refractivity contribution is 7.99. The predicted octanol–water partition coefficient (Wildman–Crippen LogP) is 4.27. The van der Waals surface area contributed by atoms with Crippen LogP contribution in [0.3, 0.4) is 0 Å². The molecule has 1 aliphatic heterocycles. The van der Waals surface area contributed by atoms with E-state index in [-0.39, 0.29) is 5.91 Å². The third-order valence-electron chi connectivity index (χ3n) is 4.67. The lowest BCUT2D eigenvalue weighted by molar-refractivity contribution is 0.102. The first-order valence-electron chi connectivity index (χ1n) is 9.18. The second kappa shape index (κ2) is 7.21. The molecule has 4 aromatic rings. The van der Waals surface area contributed by atoms with Gasteiger partial charge in [0.05, 0.1) is 5.69 Å². The molecule has 0 saturated carbocycles. The Labute approximate surface area is 171 Å². The maximum atomic E-state index is 12.5. The van der Waals surface area contributed by atoms with Gasteiger partial charge in [-0.3, -0.25) is 4.79 Å². The van der Waals surface area contributed by atoms with Gasteiger partial charge in [-0.1, -0.05) is 41.2 Å². The minimum Gasteiger partial charge on any atom is -0.339 e. The fraction of sp³-hybridized carbons (Fsp3) is 0.143. The number of anilines is 1. The number of nitrogens with zero attached hydrogens (tertiary/aromatic N) is 4. The Hall–Kier alpha value is -3.39. The van der Waals surface area contributed by atoms with Crippen molar-refractivity contribution in [1.82, 2.24) is 19.7 Å². The monoisotopic (exact) mass is 403 g/mol. The second-order valence-electron chi connectivity index (χ2n) is 6.70. The zero-order chi connectivity index (χ0) is 19.8. The predicted molar refractivity (Wildman–Crippen MR) is 111 cm³/mol. The normalized spacial score (nSPS) is 12.7. The molecule has 0 atom stereocenters. The Morgan fingerprint density at radius 1 is 1.07 bits per heavy atom. The van der Waals surface area contributed by atoms with Crippen molar-refractivity contribution in [2.75, 3.05) is 11.1 Å². The SMILES string of the molecule is Cc1nc(-c2ccc(C(=O)Nc3ccc(-c4cn5c(n4)SCC5)cc3)cc2)no1. The molecule has 1 amide bonds. The molecule has 0 unspecified atom stereocenters. The largest absolute Gasteiger partial charge is 0.339 e. The van der Waals surface area contributed by atoms with Gasteiger partial charge in [0.2, 0.25) is 11.7 Å². The van der Waals surface area contributed by atoms with Crippen molar-refractivity contribution in [2.45, 2.75) is 18.6 Å². The van der Waals surface area contributed by atoms with Crippen LogP contribution in [-0.4, -0.2) is 31.4 Å². The first-order chi connectivity index (χ1) is 14.2. The molecule has 2 aromatic carbocycles. The molecule has 0 bridgehead atoms. The van der Waals surface area contributed by atoms with Gasteiger partial charge in [-0.2, -0.15) is 4.98 Å². The van der Waals surface area contributed by atoms with Crippen molar-refractivity contribution in [3.63, 3.8) is 0 Å². The number of fused-ring (bicyclic) bond motifs is 1. The van der Waals surface area contributed by atoms with Crippen LogP contribution < -0.4 is 5.32 Å². The summed E-state index contributed by atoms with van der Waals surface area (Å²) in [5.41, 5.74) is 4.08. The molecule has 1 N–H and O–H groups in total. The Morgan fingerprint density at radius 3 is 2.52 bits per heavy atom. The van der Waals surface area contributed by atoms with Gasteiger partial charge in [-0.05, 0) is 24.3 Å². The lowest BCUT2D eigenvalue weighted by Crippen LogP contribution is -2.11. The lowest BCUT2D eigenvalue weighted by atomic mass is 10.1. The molecular weight excluding hydrogens is 386 g/mol. The highest BCUT2D eigenvalue weighted by Crippen LogP contribution is 2.29. The average molecular weight is 403 g/mol. The first kappa shape index (κ1) is 17.7. The number of amides is 1. The molecule has 7 nitrogen and oxygen atoms in total. The van der Waals surface area contributed by atoms with Gasteiger partial charge >= 0.3 is 0 Å². The summed E-state index contributed by atoms with van der Waals surface area (Å²) in [6.07, 6.45) is 2.08. The zero-order valence-corrected chi connectivity index (χ0v) is 16.4. The smallest absolute Gasteiger partial charge is 0.255 e. The molecule has 8 heteroatoms. The summed E-state index contributed by atoms with van der Waals surface area (Å²) in [7, 11) is 0. The van der Waals surface area contributed by atoms with Crippen molar-refractivity contribution >= 4 is 23.4 Å². The number of hydrogen-bond donors (Lipinski definition) is 1. The summed E-state index contributed by atoms with van der Waals surface area (Å²) in [6.45, 7) is 2.74. The molecule has 144 valence electrons. The first-order valence-corrected chi connectivity index (χ1v) is 10.2. The summed E-state index contributed by atoms with van der Waals surface area (Å²) >= 11 is 1.78. The maximum absolute atomic E-state index is 12.5. The van der Waals surface area contributed by atoms with E-state index in [2.05, 4.69) is 31.2 Å². The number of nitrogens with one attached hydrogen (secondary N) is 1. The fourth-order valence-electron chi connectivity index (χ4n) is 3.16. The summed E-state index contributed by atoms with van der Waals surface area (Å²) < 4.78 is 7.16. The highest BCUT2D eigenvalue weighted by Gasteiger charge is 2.15. The van der Waals surface area contributed by atoms with Crippen LogP contribution in [0, 0.1) is 6.92 Å². The molecule has 0 aliphatic carbocycles. The van der Waals surface area contributed by atoms with Crippen LogP contribution in [0.25, 0.3) is 22.6 Å². The molecule has 0 radical (unpaired) electrons. The van der Waals surface area contributed by atoms with Crippen LogP contribution in [0.5, 0.6) is 0 Å². The fourth-order valence-corrected chi connectivity index (χ4v) is 4.11. The summed E-state index contributed by atoms with van der Waals surface area (Å²) in [6, 6.07) is 14.8. The molecule has 1 aliphatic rings. The van der Waals surface area contributed by atoms with Gasteiger partial charge in [0.15, 0.2) is 5.16 Å². The van der Waals surface area contributed by atoms with Crippen LogP contribution in [0.15, 0.2) is 64.4 Å². The number of aryl methyl sites for hydroxylation is 2. The number of carbonyl (C=O) groups excluding carboxylic acids is 1. The highest BCUT2D eigenvalue weighted by atomic mass is 32.2. The van der Waals surface area contributed by atoms with Crippen molar-refractivity contribution < 1.29 is 9.32 Å². The van der Waals surface area contributed by atoms with E-state index in [1.54, 1.807) is 43.0 Å². The number of imidazole rings is 1. The average Bonchev–Trinajstić information content (AvgIpc) is 3.45. The Morgan fingerprint density at radius 2 is 1.83 bits per heavy atom. The number of thioether (sulfide) groups is 1. The minimum absolute atomic E-state index is 0.175. The number of carbonyl (C=O) groups is 1. The van der Waals surface area contributed by atoms with Gasteiger partial charge in [0.1, 0.15) is 0 Å². The number of rotatable bonds is 4. The topological polar surface area (TPSA) is 85.8 Å². The maximum Gasteiger partial charge on any atom is 0.255 e. The van der Waals surface area contributed by atoms with Crippen LogP contribution in [-0.2, 0) is 6.54 Å². The van der Waals surface area contributed by atoms with Crippen LogP contribution in [0.1, 0.15) is 16.2 Å². The third kappa shape index (κ3) is 3.54. The van der Waals surface area contributed by atoms with Crippen LogP contribution in [0.2, 0.25) is 0 Å². The summed E-state index contributed by atoms with van der Waals surface area (Å²) in [5, 5.41) is 7.87. The molecule has 0 fully saturated rings. The Kier molecular flexibility index (Phi) is 4.40. The van der Waals surface area contributed by atoms with Gasteiger partial charge < -0.3 is 14.4 Å². The molecular formula is C21H17N5O2S. The van der Waals surface area contributed by atoms with E-state index in [0.717, 1.165) is 40.0 Å². The van der Waals surface area contributed by atoms with E-state index in [1.165, 1.54) is 0 Å². The summed E-state index contributed by atoms with van der Waals surface area (Å²) in [4.78, 5) is 21.4. The zero-order valence-electron chi connectivity index (χ0n) is 15.6. The number of hydrogen-bond acceptors (Lipinski definition) is 6. The van der Waals surface area contributed by atoms with Gasteiger partial charge in [0, 0.05) is 47.8 Å². The third-order valence-corrected chi connectivity index (χ3v) is 5.65. The van der Waals surface area contributed by atoms with E-state index in [4.69, 9.17) is 4.52 Å². The molecule has 2 aromatic heterocycles. The number of benzene rings is 2. The molecule has 3 heterocycles. The van der Waals surface area contributed by atoms with E-state index in [9.17, 15) is 4.79 Å². The quantitative estimate of drug-likeness (QED) is 0.548. The van der Waals surface area contributed by atoms with Gasteiger partial charge in [-0.25, -0.2) is 4.98 Å². The Bertz CT molecular complexity index is 1160. The minimum atomic E-state index is -0.175. The molecule has 5 rings (SSSR count). The van der Waals surface area contributed by atoms with Crippen LogP contribution in [0.4, 0.5) is 5.69 Å². The molecule has 0 spiro atoms. The Balaban J connectivity index is 1.27. The molecule has 0 saturated heterocycles. The van der Waals surface area contributed by atoms with Crippen LogP contribution >= 0.6 is 11.8 Å². The van der Waals surface area contributed by atoms with E-state index in [0.29, 0.717) is 17.3 Å². The summed E-state index contributed by atoms with van der Waals surface area (Å²) in [5.74, 6) is 1.92. The van der Waals surface area contributed by atoms with E-state index in [1.807, 2.05) is 24.3 Å². The second-order valence-corrected chi connectivity index (χ2v) is 7.76. The van der Waals surface area contributed by atoms with E-state index >= 15 is 0 Å². The van der Waals surface area contributed by atoms with Gasteiger partial charge in [0.25, 0.3) is 5.91 Å². The van der Waals surface area contributed by atoms with Crippen molar-refractivity contribution in [2.24, 2.45) is 0 Å². The van der Waals surface area contributed by atoms with Gasteiger partial charge in [-0.15, -0.1) is 0 Å². The van der Waals surface area contributed by atoms with Crippen molar-refractivity contribution in [1.29, 1.82) is 0 Å². The lowest BCUT2D eigenvalue weighted by Gasteiger charge is -2.06. The van der Waals surface area contributed by atoms with E-state index < -0.39 is 0 Å². The number of aromatic nitrogens is 4. The molecule has 29 heavy (non-hydrogen) atoms. The standard InChI is InChI=1S/C21H17N5O2S/c1-13-22-19(25-28-13)15-2-4-16(5-3-15)20(27)23-17-8-6-14(7-9-17)18-12-26-10-11-29-21(26)24-18/h2-9,12H,10-11H2,1H3,(H,23,27). The van der Waals surface area contributed by atoms with Crippen molar-refractivity contribution in [3.8, 4) is 22.6 Å².